The lowest BCUT2D eigenvalue weighted by Gasteiger charge is -2.20. The van der Waals surface area contributed by atoms with Crippen LogP contribution in [0.2, 0.25) is 0 Å². The van der Waals surface area contributed by atoms with E-state index in [1.807, 2.05) is 39.8 Å². The van der Waals surface area contributed by atoms with Crippen molar-refractivity contribution >= 4 is 11.9 Å². The van der Waals surface area contributed by atoms with Crippen LogP contribution in [-0.4, -0.2) is 21.4 Å². The van der Waals surface area contributed by atoms with Gasteiger partial charge in [0.2, 0.25) is 5.95 Å². The first-order valence-corrected chi connectivity index (χ1v) is 7.71. The highest BCUT2D eigenvalue weighted by Crippen LogP contribution is 2.11. The summed E-state index contributed by atoms with van der Waals surface area (Å²) in [6, 6.07) is 9.84. The highest BCUT2D eigenvalue weighted by atomic mass is 16.2. The summed E-state index contributed by atoms with van der Waals surface area (Å²) in [6.45, 7) is 10.4. The molecule has 1 aromatic heterocycles. The largest absolute Gasteiger partial charge is 0.350 e. The van der Waals surface area contributed by atoms with Crippen molar-refractivity contribution in [2.24, 2.45) is 0 Å². The number of rotatable bonds is 4. The van der Waals surface area contributed by atoms with E-state index in [4.69, 9.17) is 0 Å². The van der Waals surface area contributed by atoms with E-state index in [0.29, 0.717) is 18.2 Å². The number of carbonyl (C=O) groups excluding carboxylic acids is 1. The summed E-state index contributed by atoms with van der Waals surface area (Å²) in [4.78, 5) is 20.9. The fourth-order valence-corrected chi connectivity index (χ4v) is 2.15. The Bertz CT molecular complexity index is 704. The highest BCUT2D eigenvalue weighted by Gasteiger charge is 2.17. The molecule has 0 saturated heterocycles. The maximum atomic E-state index is 12.3. The summed E-state index contributed by atoms with van der Waals surface area (Å²) in [5, 5.41) is 6.11. The molecule has 23 heavy (non-hydrogen) atoms. The molecule has 0 unspecified atom stereocenters. The molecule has 1 aromatic carbocycles. The second kappa shape index (κ2) is 6.77. The predicted molar refractivity (Wildman–Crippen MR) is 92.5 cm³/mol. The van der Waals surface area contributed by atoms with Gasteiger partial charge in [0, 0.05) is 17.8 Å². The van der Waals surface area contributed by atoms with Gasteiger partial charge in [0.25, 0.3) is 5.91 Å². The predicted octanol–water partition coefficient (Wildman–Crippen LogP) is 3.23. The van der Waals surface area contributed by atoms with E-state index in [-0.39, 0.29) is 11.4 Å². The Hall–Kier alpha value is -2.43. The Labute approximate surface area is 137 Å². The lowest BCUT2D eigenvalue weighted by atomic mass is 10.1. The maximum absolute atomic E-state index is 12.3. The van der Waals surface area contributed by atoms with Crippen LogP contribution in [0.15, 0.2) is 30.3 Å². The molecule has 122 valence electrons. The zero-order chi connectivity index (χ0) is 17.0. The van der Waals surface area contributed by atoms with E-state index < -0.39 is 0 Å². The molecular formula is C18H24N4O. The van der Waals surface area contributed by atoms with Gasteiger partial charge in [0.1, 0.15) is 5.69 Å². The molecule has 0 saturated carbocycles. The average molecular weight is 312 g/mol. The number of aromatic nitrogens is 2. The molecule has 0 aliphatic rings. The van der Waals surface area contributed by atoms with Crippen molar-refractivity contribution in [3.05, 3.63) is 52.8 Å². The van der Waals surface area contributed by atoms with Crippen molar-refractivity contribution in [2.75, 3.05) is 5.32 Å². The molecule has 0 spiro atoms. The molecule has 5 nitrogen and oxygen atoms in total. The van der Waals surface area contributed by atoms with Gasteiger partial charge in [-0.15, -0.1) is 0 Å². The summed E-state index contributed by atoms with van der Waals surface area (Å²) in [7, 11) is 0. The van der Waals surface area contributed by atoms with Crippen LogP contribution in [0.4, 0.5) is 5.95 Å². The van der Waals surface area contributed by atoms with E-state index in [1.165, 1.54) is 11.1 Å². The first-order valence-electron chi connectivity index (χ1n) is 7.71. The molecular weight excluding hydrogens is 288 g/mol. The van der Waals surface area contributed by atoms with Gasteiger partial charge in [-0.2, -0.15) is 0 Å². The average Bonchev–Trinajstić information content (AvgIpc) is 2.44. The molecule has 0 radical (unpaired) electrons. The van der Waals surface area contributed by atoms with Crippen LogP contribution in [0.5, 0.6) is 0 Å². The Balaban J connectivity index is 2.14. The first kappa shape index (κ1) is 16.9. The Morgan fingerprint density at radius 1 is 1.13 bits per heavy atom. The van der Waals surface area contributed by atoms with Crippen LogP contribution in [0.25, 0.3) is 0 Å². The van der Waals surface area contributed by atoms with Crippen molar-refractivity contribution in [2.45, 2.75) is 46.7 Å². The quantitative estimate of drug-likeness (QED) is 0.909. The third-order valence-electron chi connectivity index (χ3n) is 3.27. The lowest BCUT2D eigenvalue weighted by molar-refractivity contribution is 0.0914. The molecule has 2 N–H and O–H groups in total. The SMILES string of the molecule is Cc1cc(C(=O)NC(C)(C)C)nc(NCc2ccccc2C)n1. The van der Waals surface area contributed by atoms with E-state index >= 15 is 0 Å². The molecule has 1 heterocycles. The number of benzene rings is 1. The van der Waals surface area contributed by atoms with E-state index in [1.54, 1.807) is 6.07 Å². The third kappa shape index (κ3) is 5.06. The normalized spacial score (nSPS) is 11.2. The minimum atomic E-state index is -0.301. The Kier molecular flexibility index (Phi) is 4.98. The Morgan fingerprint density at radius 3 is 2.48 bits per heavy atom. The fourth-order valence-electron chi connectivity index (χ4n) is 2.15. The molecule has 0 bridgehead atoms. The van der Waals surface area contributed by atoms with Crippen molar-refractivity contribution in [3.63, 3.8) is 0 Å². The van der Waals surface area contributed by atoms with Crippen molar-refractivity contribution < 1.29 is 4.79 Å². The van der Waals surface area contributed by atoms with Gasteiger partial charge >= 0.3 is 0 Å². The van der Waals surface area contributed by atoms with E-state index in [2.05, 4.69) is 39.7 Å². The van der Waals surface area contributed by atoms with Crippen LogP contribution >= 0.6 is 0 Å². The molecule has 2 rings (SSSR count). The number of aryl methyl sites for hydroxylation is 2. The number of hydrogen-bond donors (Lipinski definition) is 2. The van der Waals surface area contributed by atoms with Gasteiger partial charge in [0.05, 0.1) is 0 Å². The van der Waals surface area contributed by atoms with Crippen LogP contribution in [0.3, 0.4) is 0 Å². The first-order chi connectivity index (χ1) is 10.7. The summed E-state index contributed by atoms with van der Waals surface area (Å²) in [5.74, 6) is 0.272. The van der Waals surface area contributed by atoms with Gasteiger partial charge in [-0.1, -0.05) is 24.3 Å². The number of carbonyl (C=O) groups is 1. The summed E-state index contributed by atoms with van der Waals surface area (Å²) in [6.07, 6.45) is 0. The fraction of sp³-hybridized carbons (Fsp3) is 0.389. The topological polar surface area (TPSA) is 66.9 Å². The van der Waals surface area contributed by atoms with E-state index in [9.17, 15) is 4.79 Å². The van der Waals surface area contributed by atoms with Crippen molar-refractivity contribution in [1.29, 1.82) is 0 Å². The molecule has 0 atom stereocenters. The molecule has 1 amide bonds. The standard InChI is InChI=1S/C18H24N4O/c1-12-8-6-7-9-14(12)11-19-17-20-13(2)10-15(21-17)16(23)22-18(3,4)5/h6-10H,11H2,1-5H3,(H,22,23)(H,19,20,21). The summed E-state index contributed by atoms with van der Waals surface area (Å²) in [5.41, 5.74) is 3.22. The number of nitrogens with zero attached hydrogens (tertiary/aromatic N) is 2. The maximum Gasteiger partial charge on any atom is 0.270 e. The smallest absolute Gasteiger partial charge is 0.270 e. The molecule has 0 fully saturated rings. The van der Waals surface area contributed by atoms with Crippen LogP contribution < -0.4 is 10.6 Å². The van der Waals surface area contributed by atoms with Gasteiger partial charge in [-0.3, -0.25) is 4.79 Å². The third-order valence-corrected chi connectivity index (χ3v) is 3.27. The molecule has 2 aromatic rings. The van der Waals surface area contributed by atoms with Crippen LogP contribution in [-0.2, 0) is 6.54 Å². The lowest BCUT2D eigenvalue weighted by Crippen LogP contribution is -2.41. The monoisotopic (exact) mass is 312 g/mol. The van der Waals surface area contributed by atoms with Gasteiger partial charge in [-0.25, -0.2) is 9.97 Å². The summed E-state index contributed by atoms with van der Waals surface area (Å²) < 4.78 is 0. The zero-order valence-corrected chi connectivity index (χ0v) is 14.4. The second-order valence-electron chi connectivity index (χ2n) is 6.70. The summed E-state index contributed by atoms with van der Waals surface area (Å²) >= 11 is 0. The zero-order valence-electron chi connectivity index (χ0n) is 14.4. The minimum Gasteiger partial charge on any atom is -0.350 e. The molecule has 0 aliphatic carbocycles. The number of nitrogens with one attached hydrogen (secondary N) is 2. The number of anilines is 1. The van der Waals surface area contributed by atoms with Crippen LogP contribution in [0.1, 0.15) is 48.1 Å². The number of amides is 1. The number of hydrogen-bond acceptors (Lipinski definition) is 4. The molecule has 0 aliphatic heterocycles. The molecule has 5 heteroatoms. The van der Waals surface area contributed by atoms with Gasteiger partial charge in [-0.05, 0) is 51.8 Å². The highest BCUT2D eigenvalue weighted by molar-refractivity contribution is 5.93. The Morgan fingerprint density at radius 2 is 1.83 bits per heavy atom. The van der Waals surface area contributed by atoms with Gasteiger partial charge in [0.15, 0.2) is 0 Å². The van der Waals surface area contributed by atoms with E-state index in [0.717, 1.165) is 5.69 Å². The van der Waals surface area contributed by atoms with Crippen LogP contribution in [0, 0.1) is 13.8 Å². The van der Waals surface area contributed by atoms with Crippen molar-refractivity contribution in [3.8, 4) is 0 Å². The minimum absolute atomic E-state index is 0.193. The van der Waals surface area contributed by atoms with Crippen molar-refractivity contribution in [1.82, 2.24) is 15.3 Å². The second-order valence-corrected chi connectivity index (χ2v) is 6.70. The van der Waals surface area contributed by atoms with Gasteiger partial charge < -0.3 is 10.6 Å².